The quantitative estimate of drug-likeness (QED) is 0.0267. The van der Waals surface area contributed by atoms with Gasteiger partial charge in [0.1, 0.15) is 73.2 Å². The highest BCUT2D eigenvalue weighted by molar-refractivity contribution is 7.71. The van der Waals surface area contributed by atoms with Gasteiger partial charge in [0.2, 0.25) is 0 Å². The number of aromatic nitrogens is 8. The van der Waals surface area contributed by atoms with Gasteiger partial charge in [0, 0.05) is 56.6 Å². The highest BCUT2D eigenvalue weighted by Crippen LogP contribution is 2.46. The number of nitrogens with one attached hydrogen (secondary N) is 5. The van der Waals surface area contributed by atoms with Crippen LogP contribution in [0.15, 0.2) is 44.0 Å². The van der Waals surface area contributed by atoms with E-state index in [1.165, 1.54) is 17.8 Å². The number of hydrogen-bond acceptors (Lipinski definition) is 31. The smallest absolute Gasteiger partial charge is 0.394 e. The fourth-order valence-electron chi connectivity index (χ4n) is 12.0. The summed E-state index contributed by atoms with van der Waals surface area (Å²) < 4.78 is 208. The van der Waals surface area contributed by atoms with Crippen molar-refractivity contribution in [2.45, 2.75) is 215 Å². The number of carbonyl (C=O) groups excluding carboxylic acids is 4. The van der Waals surface area contributed by atoms with Crippen LogP contribution in [-0.2, 0) is 96.8 Å². The topological polar surface area (TPSA) is 487 Å². The molecule has 54 heteroatoms. The van der Waals surface area contributed by atoms with Gasteiger partial charge in [0.05, 0.1) is 56.5 Å². The first-order valence-corrected chi connectivity index (χ1v) is 35.4. The minimum absolute atomic E-state index is 0. The predicted octanol–water partition coefficient (Wildman–Crippen LogP) is 2.36. The van der Waals surface area contributed by atoms with Crippen molar-refractivity contribution in [3.8, 4) is 0 Å². The maximum atomic E-state index is 12.6. The summed E-state index contributed by atoms with van der Waals surface area (Å²) in [5.74, 6) is -13.1. The number of H-pyrrole nitrogens is 4. The molecule has 11 heterocycles. The molecule has 656 valence electrons. The van der Waals surface area contributed by atoms with E-state index in [0.717, 1.165) is 24.9 Å². The number of hydrogen-bond donors (Lipinski definition) is 12. The molecule has 0 aromatic carbocycles. The lowest BCUT2D eigenvalue weighted by Crippen LogP contribution is -2.39. The minimum Gasteiger partial charge on any atom is -0.394 e. The van der Waals surface area contributed by atoms with Crippen LogP contribution < -0.4 is 33.3 Å². The van der Waals surface area contributed by atoms with Gasteiger partial charge in [-0.3, -0.25) is 67.0 Å². The molecule has 0 saturated carbocycles. The minimum atomic E-state index is -5.62. The highest BCUT2D eigenvalue weighted by Gasteiger charge is 2.59. The molecule has 0 bridgehead atoms. The van der Waals surface area contributed by atoms with Gasteiger partial charge in [-0.25, -0.2) is 9.59 Å². The molecule has 4 aromatic rings. The van der Waals surface area contributed by atoms with E-state index in [9.17, 15) is 117 Å². The zero-order valence-corrected chi connectivity index (χ0v) is 65.5. The number of nitrogens with two attached hydrogens (primary N) is 1. The molecule has 7 saturated heterocycles. The zero-order valence-electron chi connectivity index (χ0n) is 61.5. The Kier molecular flexibility index (Phi) is 34.1. The molecule has 0 spiro atoms. The van der Waals surface area contributed by atoms with Crippen LogP contribution in [0, 0.1) is 19.1 Å². The third-order valence-electron chi connectivity index (χ3n) is 16.8. The van der Waals surface area contributed by atoms with E-state index >= 15 is 0 Å². The number of ether oxygens (including phenoxy) is 11. The van der Waals surface area contributed by atoms with Crippen molar-refractivity contribution in [1.29, 1.82) is 0 Å². The van der Waals surface area contributed by atoms with Crippen molar-refractivity contribution in [2.24, 2.45) is 5.73 Å². The Balaban J connectivity index is 0.000000261. The Labute approximate surface area is 671 Å². The Hall–Kier alpha value is -6.79. The SMILES string of the molecule is C.CC1(C)OC2[C@@H](CO)O[C@@H](n3cc(CCl)c(=O)[nH]c3=S)[C@H]2O1.CN.CN(Cc1cn([C@@H]2O[C@H](CO)C(O)[C@@H]2O)c(=S)[nH]c1=O)C(=O)C(F)(F)F.CN(Cc1cn([C@@H]2O[C@H](CO)C3OC(C)(C)O[C@@H]32)c(=S)[nH]c1=O)C(=O)C(F)(F)F.CNCc1cn([C@@H]2O[C@H](CO)C3OC(C)(C)O[C@@H]32)c(=S)[nH]c1=O.O=C(OC(=O)C(F)(F)F)C(F)(F)F. The molecule has 13 N–H and O–H groups in total. The molecule has 116 heavy (non-hydrogen) atoms. The van der Waals surface area contributed by atoms with Crippen LogP contribution in [-0.4, -0.2) is 272 Å². The second-order valence-electron chi connectivity index (χ2n) is 26.6. The number of esters is 2. The summed E-state index contributed by atoms with van der Waals surface area (Å²) in [5.41, 5.74) is 2.91. The second kappa shape index (κ2) is 39.6. The van der Waals surface area contributed by atoms with E-state index < -0.39 is 189 Å². The van der Waals surface area contributed by atoms with Gasteiger partial charge in [0.15, 0.2) is 61.4 Å². The normalized spacial score (nSPS) is 27.1. The van der Waals surface area contributed by atoms with Gasteiger partial charge in [-0.1, -0.05) is 7.43 Å². The number of alkyl halides is 13. The van der Waals surface area contributed by atoms with E-state index in [1.807, 2.05) is 13.8 Å². The first kappa shape index (κ1) is 99.8. The number of halogens is 13. The third-order valence-corrected chi connectivity index (χ3v) is 18.4. The van der Waals surface area contributed by atoms with Gasteiger partial charge < -0.3 is 104 Å². The summed E-state index contributed by atoms with van der Waals surface area (Å²) in [6, 6.07) is 0. The Morgan fingerprint density at radius 2 is 0.733 bits per heavy atom. The number of aliphatic hydroxyl groups is 6. The highest BCUT2D eigenvalue weighted by atomic mass is 35.5. The number of fused-ring (bicyclic) bond motifs is 3. The van der Waals surface area contributed by atoms with Crippen molar-refractivity contribution in [3.05, 3.63) is 108 Å². The zero-order chi connectivity index (χ0) is 87.2. The van der Waals surface area contributed by atoms with Crippen LogP contribution in [0.5, 0.6) is 0 Å². The number of amides is 2. The summed E-state index contributed by atoms with van der Waals surface area (Å²) >= 11 is 26.3. The van der Waals surface area contributed by atoms with Gasteiger partial charge >= 0.3 is 48.5 Å². The molecule has 11 rings (SSSR count). The van der Waals surface area contributed by atoms with E-state index in [0.29, 0.717) is 27.5 Å². The van der Waals surface area contributed by atoms with E-state index in [1.54, 1.807) is 56.3 Å². The number of rotatable bonds is 15. The summed E-state index contributed by atoms with van der Waals surface area (Å²) in [5, 5.41) is 60.4. The monoisotopic (exact) mass is 1790 g/mol. The summed E-state index contributed by atoms with van der Waals surface area (Å²) in [6.45, 7) is 8.38. The predicted molar refractivity (Wildman–Crippen MR) is 378 cm³/mol. The Morgan fingerprint density at radius 1 is 0.474 bits per heavy atom. The second-order valence-corrected chi connectivity index (χ2v) is 28.4. The van der Waals surface area contributed by atoms with Gasteiger partial charge in [-0.2, -0.15) is 52.7 Å². The Morgan fingerprint density at radius 3 is 1.00 bits per heavy atom. The number of aromatic amines is 4. The summed E-state index contributed by atoms with van der Waals surface area (Å²) in [6.07, 6.45) is -28.0. The van der Waals surface area contributed by atoms with Crippen molar-refractivity contribution >= 4 is 84.2 Å². The molecule has 7 aliphatic heterocycles. The number of nitrogens with zero attached hydrogens (tertiary/aromatic N) is 6. The molecule has 4 aromatic heterocycles. The first-order chi connectivity index (χ1) is 53.1. The molecular weight excluding hydrogens is 1700 g/mol. The molecule has 0 radical (unpaired) electrons. The molecule has 7 fully saturated rings. The van der Waals surface area contributed by atoms with Crippen LogP contribution in [0.25, 0.3) is 0 Å². The van der Waals surface area contributed by atoms with Gasteiger partial charge in [-0.05, 0) is 105 Å². The molecule has 2 amide bonds. The van der Waals surface area contributed by atoms with Gasteiger partial charge in [-0.15, -0.1) is 11.6 Å². The molecule has 0 aliphatic carbocycles. The average molecular weight is 1790 g/mol. The first-order valence-electron chi connectivity index (χ1n) is 33.3. The van der Waals surface area contributed by atoms with E-state index in [2.05, 4.69) is 35.7 Å². The van der Waals surface area contributed by atoms with Crippen molar-refractivity contribution in [1.82, 2.24) is 53.3 Å². The summed E-state index contributed by atoms with van der Waals surface area (Å²) in [7, 11) is 5.06. The molecular formula is C62H83ClF12N12O25S4. The third kappa shape index (κ3) is 24.1. The van der Waals surface area contributed by atoms with Crippen LogP contribution >= 0.6 is 60.5 Å². The maximum Gasteiger partial charge on any atom is 0.491 e. The molecule has 7 aliphatic rings. The van der Waals surface area contributed by atoms with Crippen molar-refractivity contribution < 1.29 is 155 Å². The molecule has 16 atom stereocenters. The fraction of sp³-hybridized carbons (Fsp3) is 0.677. The lowest BCUT2D eigenvalue weighted by molar-refractivity contribution is -0.221. The van der Waals surface area contributed by atoms with Crippen molar-refractivity contribution in [3.63, 3.8) is 0 Å². The van der Waals surface area contributed by atoms with Crippen LogP contribution in [0.1, 0.15) is 96.1 Å². The van der Waals surface area contributed by atoms with Crippen LogP contribution in [0.3, 0.4) is 0 Å². The van der Waals surface area contributed by atoms with E-state index in [-0.39, 0.29) is 80.6 Å². The van der Waals surface area contributed by atoms with Crippen LogP contribution in [0.4, 0.5) is 52.7 Å². The van der Waals surface area contributed by atoms with Crippen molar-refractivity contribution in [2.75, 3.05) is 54.6 Å². The Bertz CT molecular complexity index is 4600. The lowest BCUT2D eigenvalue weighted by Gasteiger charge is -2.25. The average Bonchev–Trinajstić information content (AvgIpc) is 1.61. The van der Waals surface area contributed by atoms with E-state index in [4.69, 9.17) is 113 Å². The number of carbonyl (C=O) groups is 4. The largest absolute Gasteiger partial charge is 0.491 e. The fourth-order valence-corrected chi connectivity index (χ4v) is 13.2. The standard InChI is InChI=1S/C16H20F3N3O6S.C14H21N3O5S.C13H17ClN2O5S.C13H16F3N3O6S.C4F6O3.CH5N.CH4/c1-15(2)27-9-8(6-23)26-12(10(9)28-15)22-5-7(11(24)20-14(22)29)4-21(3)13(25)16(17,18)19;1-14(2)21-9-8(6-18)20-12(10(9)22-14)17-5-7(4-15-3)11(19)16-13(17)23;1-13(2)20-8-7(5-17)19-11(9(8)21-13)16-4-6(3-14)10(18)15-12(16)22;1-18(11(24)13(14,15)16)2-5-3-19(12(26)17-9(5)23)10-8(22)7(21)6(4-20)25-10;5-3(6,7)1(11)13-2(12)4(8,9)10;1-2;/h5,8-10,12,23H,4,6H2,1-3H3,(H,20,24,29);5,8-10,12,15,18H,4,6H2,1-3H3,(H,16,19,23);4,7-9,11,17H,3,5H2,1-2H3,(H,15,18,22);3,6-8,10,20-22H,2,4H2,1H3,(H,17,23,26);;2H2,1H3;1H4/t2*8-,9?,10+,12-;7-,8?,9+,11-;6-,7?,8+,10-;;;/m1111.../s1. The van der Waals surface area contributed by atoms with Gasteiger partial charge in [0.25, 0.3) is 22.2 Å². The molecule has 4 unspecified atom stereocenters. The summed E-state index contributed by atoms with van der Waals surface area (Å²) in [4.78, 5) is 100. The lowest BCUT2D eigenvalue weighted by atomic mass is 10.1. The molecule has 37 nitrogen and oxygen atoms in total. The maximum absolute atomic E-state index is 12.6. The number of aliphatic hydroxyl groups excluding tert-OH is 6. The van der Waals surface area contributed by atoms with Crippen LogP contribution in [0.2, 0.25) is 0 Å².